The van der Waals surface area contributed by atoms with E-state index >= 15 is 0 Å². The van der Waals surface area contributed by atoms with Gasteiger partial charge in [0.05, 0.1) is 5.56 Å². The molecule has 0 aromatic heterocycles. The lowest BCUT2D eigenvalue weighted by molar-refractivity contribution is -0.138. The molecule has 3 heterocycles. The number of carbonyl (C=O) groups excluding carboxylic acids is 4. The zero-order chi connectivity index (χ0) is 26.3. The summed E-state index contributed by atoms with van der Waals surface area (Å²) in [7, 11) is 0. The van der Waals surface area contributed by atoms with Crippen LogP contribution in [-0.4, -0.2) is 52.7 Å². The molecule has 37 heavy (non-hydrogen) atoms. The number of nitrogens with one attached hydrogen (secondary N) is 2. The number of likely N-dealkylation sites (tertiary alicyclic amines) is 1. The molecule has 0 spiro atoms. The summed E-state index contributed by atoms with van der Waals surface area (Å²) in [5.41, 5.74) is 1.50. The maximum atomic E-state index is 13.0. The van der Waals surface area contributed by atoms with Crippen LogP contribution >= 0.6 is 0 Å². The van der Waals surface area contributed by atoms with Crippen molar-refractivity contribution in [1.82, 2.24) is 15.1 Å². The lowest BCUT2D eigenvalue weighted by atomic mass is 9.89. The van der Waals surface area contributed by atoms with Crippen molar-refractivity contribution in [3.05, 3.63) is 64.7 Å². The van der Waals surface area contributed by atoms with Gasteiger partial charge in [0.1, 0.15) is 6.04 Å². The summed E-state index contributed by atoms with van der Waals surface area (Å²) in [5.74, 6) is -1.06. The van der Waals surface area contributed by atoms with Crippen LogP contribution in [-0.2, 0) is 22.3 Å². The molecule has 5 rings (SSSR count). The smallest absolute Gasteiger partial charge is 0.324 e. The molecular weight excluding hydrogens is 489 g/mol. The number of benzene rings is 2. The first-order valence-electron chi connectivity index (χ1n) is 12.1. The molecule has 2 saturated heterocycles. The molecule has 0 radical (unpaired) electrons. The fourth-order valence-electron chi connectivity index (χ4n) is 5.26. The Bertz CT molecular complexity index is 1280. The molecule has 2 fully saturated rings. The van der Waals surface area contributed by atoms with Crippen molar-refractivity contribution in [1.29, 1.82) is 0 Å². The highest BCUT2D eigenvalue weighted by Gasteiger charge is 2.39. The van der Waals surface area contributed by atoms with Crippen LogP contribution in [0.15, 0.2) is 42.5 Å². The lowest BCUT2D eigenvalue weighted by Crippen LogP contribution is -2.52. The Hall–Kier alpha value is -3.89. The maximum Gasteiger partial charge on any atom is 0.416 e. The number of imide groups is 1. The van der Waals surface area contributed by atoms with Gasteiger partial charge in [0.25, 0.3) is 5.91 Å². The second-order valence-corrected chi connectivity index (χ2v) is 9.61. The van der Waals surface area contributed by atoms with Crippen LogP contribution in [0.3, 0.4) is 0 Å². The lowest BCUT2D eigenvalue weighted by Gasteiger charge is -2.33. The van der Waals surface area contributed by atoms with E-state index in [2.05, 4.69) is 10.6 Å². The third-order valence-corrected chi connectivity index (χ3v) is 7.17. The first-order valence-corrected chi connectivity index (χ1v) is 12.1. The molecule has 0 bridgehead atoms. The van der Waals surface area contributed by atoms with E-state index in [0.717, 1.165) is 36.1 Å². The molecular formula is C26H25F3N4O4. The average molecular weight is 515 g/mol. The molecule has 2 aromatic carbocycles. The molecule has 2 aromatic rings. The largest absolute Gasteiger partial charge is 0.416 e. The van der Waals surface area contributed by atoms with Gasteiger partial charge in [-0.1, -0.05) is 18.2 Å². The van der Waals surface area contributed by atoms with Crippen molar-refractivity contribution in [2.24, 2.45) is 0 Å². The van der Waals surface area contributed by atoms with E-state index in [9.17, 15) is 32.3 Å². The predicted octanol–water partition coefficient (Wildman–Crippen LogP) is 3.88. The normalized spacial score (nSPS) is 22.1. The van der Waals surface area contributed by atoms with Crippen molar-refractivity contribution >= 4 is 29.4 Å². The number of halogens is 3. The van der Waals surface area contributed by atoms with Crippen LogP contribution in [0, 0.1) is 0 Å². The van der Waals surface area contributed by atoms with Gasteiger partial charge in [-0.25, -0.2) is 4.79 Å². The first kappa shape index (κ1) is 24.8. The Kier molecular flexibility index (Phi) is 6.38. The van der Waals surface area contributed by atoms with Gasteiger partial charge in [-0.2, -0.15) is 13.2 Å². The Labute approximate surface area is 210 Å². The number of nitrogens with zero attached hydrogens (tertiary/aromatic N) is 2. The zero-order valence-electron chi connectivity index (χ0n) is 19.8. The summed E-state index contributed by atoms with van der Waals surface area (Å²) in [6.07, 6.45) is -2.49. The van der Waals surface area contributed by atoms with Crippen LogP contribution in [0.5, 0.6) is 0 Å². The Morgan fingerprint density at radius 1 is 1.05 bits per heavy atom. The molecule has 11 heteroatoms. The minimum atomic E-state index is -4.50. The molecule has 5 amide bonds. The minimum absolute atomic E-state index is 0.00828. The molecule has 0 aliphatic carbocycles. The monoisotopic (exact) mass is 514 g/mol. The third kappa shape index (κ3) is 5.03. The van der Waals surface area contributed by atoms with E-state index in [0.29, 0.717) is 18.7 Å². The summed E-state index contributed by atoms with van der Waals surface area (Å²) in [4.78, 5) is 52.6. The third-order valence-electron chi connectivity index (χ3n) is 7.17. The van der Waals surface area contributed by atoms with E-state index in [4.69, 9.17) is 0 Å². The molecule has 2 N–H and O–H groups in total. The number of alkyl halides is 3. The summed E-state index contributed by atoms with van der Waals surface area (Å²) in [5, 5.41) is 4.86. The van der Waals surface area contributed by atoms with Crippen LogP contribution in [0.1, 0.15) is 58.6 Å². The van der Waals surface area contributed by atoms with Gasteiger partial charge in [-0.3, -0.25) is 19.7 Å². The van der Waals surface area contributed by atoms with Crippen LogP contribution in [0.2, 0.25) is 0 Å². The number of urea groups is 1. The molecule has 3 aliphatic rings. The van der Waals surface area contributed by atoms with Crippen LogP contribution in [0.25, 0.3) is 0 Å². The van der Waals surface area contributed by atoms with Crippen LogP contribution in [0.4, 0.5) is 23.7 Å². The van der Waals surface area contributed by atoms with Crippen molar-refractivity contribution in [2.45, 2.75) is 50.4 Å². The molecule has 8 nitrogen and oxygen atoms in total. The number of amides is 5. The highest BCUT2D eigenvalue weighted by atomic mass is 19.4. The number of rotatable bonds is 3. The second-order valence-electron chi connectivity index (χ2n) is 9.61. The Balaban J connectivity index is 1.26. The number of anilines is 1. The first-order chi connectivity index (χ1) is 17.6. The van der Waals surface area contributed by atoms with Gasteiger partial charge in [0, 0.05) is 43.2 Å². The molecule has 3 aliphatic heterocycles. The van der Waals surface area contributed by atoms with Gasteiger partial charge in [-0.05, 0) is 54.7 Å². The standard InChI is InChI=1S/C26H25F3N4O4/c27-26(28,29)18-4-1-5-19(12-18)30-25(37)32-10-2-3-16(13-32)15-6-7-20-17(11-15)14-33(24(20)36)21-8-9-22(34)31-23(21)35/h1,4-7,11-12,16,21H,2-3,8-10,13-14H2,(H,30,37)(H,31,34,35). The van der Waals surface area contributed by atoms with E-state index < -0.39 is 29.7 Å². The van der Waals surface area contributed by atoms with Crippen molar-refractivity contribution in [3.8, 4) is 0 Å². The predicted molar refractivity (Wildman–Crippen MR) is 126 cm³/mol. The average Bonchev–Trinajstić information content (AvgIpc) is 3.19. The van der Waals surface area contributed by atoms with Gasteiger partial charge < -0.3 is 15.1 Å². The quantitative estimate of drug-likeness (QED) is 0.608. The van der Waals surface area contributed by atoms with Crippen molar-refractivity contribution < 1.29 is 32.3 Å². The maximum absolute atomic E-state index is 13.0. The Morgan fingerprint density at radius 3 is 2.62 bits per heavy atom. The number of piperidine rings is 2. The fraction of sp³-hybridized carbons (Fsp3) is 0.385. The van der Waals surface area contributed by atoms with E-state index in [1.165, 1.54) is 17.0 Å². The summed E-state index contributed by atoms with van der Waals surface area (Å²) in [6, 6.07) is 8.89. The number of fused-ring (bicyclic) bond motifs is 1. The second kappa shape index (κ2) is 9.53. The topological polar surface area (TPSA) is 98.8 Å². The Morgan fingerprint density at radius 2 is 1.86 bits per heavy atom. The summed E-state index contributed by atoms with van der Waals surface area (Å²) >= 11 is 0. The molecule has 194 valence electrons. The fourth-order valence-corrected chi connectivity index (χ4v) is 5.26. The molecule has 0 saturated carbocycles. The van der Waals surface area contributed by atoms with E-state index in [1.54, 1.807) is 11.0 Å². The highest BCUT2D eigenvalue weighted by Crippen LogP contribution is 2.34. The van der Waals surface area contributed by atoms with Crippen molar-refractivity contribution in [2.75, 3.05) is 18.4 Å². The van der Waals surface area contributed by atoms with Gasteiger partial charge in [0.15, 0.2) is 0 Å². The molecule has 2 unspecified atom stereocenters. The molecule has 2 atom stereocenters. The van der Waals surface area contributed by atoms with Gasteiger partial charge in [0.2, 0.25) is 11.8 Å². The number of hydrogen-bond acceptors (Lipinski definition) is 4. The summed E-state index contributed by atoms with van der Waals surface area (Å²) < 4.78 is 39.0. The SMILES string of the molecule is O=C1CCC(N2Cc3cc(C4CCCN(C(=O)Nc5cccc(C(F)(F)F)c5)C4)ccc3C2=O)C(=O)N1. The van der Waals surface area contributed by atoms with Crippen molar-refractivity contribution in [3.63, 3.8) is 0 Å². The van der Waals surface area contributed by atoms with Gasteiger partial charge >= 0.3 is 12.2 Å². The van der Waals surface area contributed by atoms with Gasteiger partial charge in [-0.15, -0.1) is 0 Å². The number of carbonyl (C=O) groups is 4. The highest BCUT2D eigenvalue weighted by molar-refractivity contribution is 6.05. The zero-order valence-corrected chi connectivity index (χ0v) is 19.8. The van der Waals surface area contributed by atoms with E-state index in [1.807, 2.05) is 12.1 Å². The van der Waals surface area contributed by atoms with Crippen LogP contribution < -0.4 is 10.6 Å². The minimum Gasteiger partial charge on any atom is -0.324 e. The summed E-state index contributed by atoms with van der Waals surface area (Å²) in [6.45, 7) is 1.13. The van der Waals surface area contributed by atoms with E-state index in [-0.39, 0.29) is 42.8 Å². The number of hydrogen-bond donors (Lipinski definition) is 2.